The Hall–Kier alpha value is -1.62. The van der Waals surface area contributed by atoms with Crippen molar-refractivity contribution in [3.63, 3.8) is 0 Å². The van der Waals surface area contributed by atoms with E-state index in [1.807, 2.05) is 0 Å². The summed E-state index contributed by atoms with van der Waals surface area (Å²) in [4.78, 5) is 29.8. The fraction of sp³-hybridized carbons (Fsp3) is 0.545. The number of phosphoric ester groups is 1. The van der Waals surface area contributed by atoms with Crippen LogP contribution in [0, 0.1) is 0 Å². The topological polar surface area (TPSA) is 152 Å². The molecule has 23 heavy (non-hydrogen) atoms. The van der Waals surface area contributed by atoms with Crippen molar-refractivity contribution < 1.29 is 28.7 Å². The first-order valence-electron chi connectivity index (χ1n) is 6.78. The molecule has 11 nitrogen and oxygen atoms in total. The van der Waals surface area contributed by atoms with Crippen molar-refractivity contribution >= 4 is 24.8 Å². The summed E-state index contributed by atoms with van der Waals surface area (Å²) in [6, 6.07) is 0. The molecule has 3 heterocycles. The third-order valence-electron chi connectivity index (χ3n) is 3.46. The lowest BCUT2D eigenvalue weighted by molar-refractivity contribution is -0.0481. The fourth-order valence-electron chi connectivity index (χ4n) is 2.49. The largest absolute Gasteiger partial charge is 0.469 e. The number of hydrogen-bond donors (Lipinski definition) is 4. The minimum atomic E-state index is -4.58. The van der Waals surface area contributed by atoms with E-state index < -0.39 is 26.3 Å². The molecule has 0 aromatic carbocycles. The van der Waals surface area contributed by atoms with E-state index in [4.69, 9.17) is 14.5 Å². The maximum Gasteiger partial charge on any atom is 0.469 e. The molecule has 1 saturated heterocycles. The Morgan fingerprint density at radius 3 is 2.96 bits per heavy atom. The Morgan fingerprint density at radius 1 is 1.48 bits per heavy atom. The second-order valence-electron chi connectivity index (χ2n) is 5.03. The quantitative estimate of drug-likeness (QED) is 0.528. The van der Waals surface area contributed by atoms with Crippen LogP contribution in [0.3, 0.4) is 0 Å². The van der Waals surface area contributed by atoms with Crippen LogP contribution in [0.2, 0.25) is 0 Å². The number of aliphatic hydroxyl groups is 1. The Kier molecular flexibility index (Phi) is 4.32. The lowest BCUT2D eigenvalue weighted by Crippen LogP contribution is -2.19. The number of anilines is 1. The average molecular weight is 345 g/mol. The number of ether oxygens (including phenoxy) is 1. The van der Waals surface area contributed by atoms with E-state index >= 15 is 0 Å². The number of imidazole rings is 1. The van der Waals surface area contributed by atoms with Crippen molar-refractivity contribution in [1.82, 2.24) is 19.5 Å². The van der Waals surface area contributed by atoms with Crippen molar-refractivity contribution in [3.8, 4) is 0 Å². The molecule has 3 rings (SSSR count). The lowest BCUT2D eigenvalue weighted by Gasteiger charge is -2.17. The number of aliphatic hydroxyl groups excluding tert-OH is 1. The highest BCUT2D eigenvalue weighted by atomic mass is 31.2. The van der Waals surface area contributed by atoms with Crippen molar-refractivity contribution in [3.05, 3.63) is 12.7 Å². The summed E-state index contributed by atoms with van der Waals surface area (Å²) in [6.07, 6.45) is 0.706. The normalized spacial score (nSPS) is 25.1. The number of hydrogen-bond acceptors (Lipinski definition) is 8. The van der Waals surface area contributed by atoms with E-state index in [0.29, 0.717) is 17.0 Å². The first-order chi connectivity index (χ1) is 10.9. The van der Waals surface area contributed by atoms with Crippen LogP contribution >= 0.6 is 7.82 Å². The van der Waals surface area contributed by atoms with Gasteiger partial charge in [-0.1, -0.05) is 0 Å². The van der Waals surface area contributed by atoms with Crippen molar-refractivity contribution in [2.75, 3.05) is 19.0 Å². The maximum absolute atomic E-state index is 10.7. The third kappa shape index (κ3) is 3.34. The molecule has 4 N–H and O–H groups in total. The summed E-state index contributed by atoms with van der Waals surface area (Å²) in [5.74, 6) is 0.544. The number of fused-ring (bicyclic) bond motifs is 1. The van der Waals surface area contributed by atoms with Crippen LogP contribution in [0.15, 0.2) is 12.7 Å². The van der Waals surface area contributed by atoms with E-state index in [9.17, 15) is 9.67 Å². The van der Waals surface area contributed by atoms with Gasteiger partial charge in [0.15, 0.2) is 17.7 Å². The molecule has 2 aromatic heterocycles. The molecule has 1 aliphatic rings. The molecule has 0 amide bonds. The standard InChI is InChI=1S/C11H16N5O6P/c1-12-9-8-10(14-4-13-9)16(5-15-8)11-7(17)2-6(22-11)3-21-23(18,19)20/h4-7,11,17H,2-3H2,1H3,(H,12,13,14)(H2,18,19,20)/t6-,7+,11+/m0/s1. The summed E-state index contributed by atoms with van der Waals surface area (Å²) in [6.45, 7) is -0.318. The second kappa shape index (κ2) is 6.11. The zero-order valence-electron chi connectivity index (χ0n) is 12.1. The smallest absolute Gasteiger partial charge is 0.388 e. The van der Waals surface area contributed by atoms with E-state index in [1.165, 1.54) is 12.7 Å². The van der Waals surface area contributed by atoms with Crippen LogP contribution in [-0.2, 0) is 13.8 Å². The Balaban J connectivity index is 1.81. The zero-order chi connectivity index (χ0) is 16.6. The van der Waals surface area contributed by atoms with Gasteiger partial charge in [0, 0.05) is 13.5 Å². The summed E-state index contributed by atoms with van der Waals surface area (Å²) in [5.41, 5.74) is 1.01. The van der Waals surface area contributed by atoms with Crippen LogP contribution in [0.1, 0.15) is 12.6 Å². The predicted octanol–water partition coefficient (Wildman–Crippen LogP) is -0.374. The van der Waals surface area contributed by atoms with Crippen LogP contribution in [0.4, 0.5) is 5.82 Å². The molecule has 0 spiro atoms. The molecule has 126 valence electrons. The maximum atomic E-state index is 10.7. The summed E-state index contributed by atoms with van der Waals surface area (Å²) < 4.78 is 22.3. The Labute approximate surface area is 130 Å². The van der Waals surface area contributed by atoms with Gasteiger partial charge in [-0.15, -0.1) is 0 Å². The SMILES string of the molecule is CNc1ncnc2c1ncn2[C@@H]1O[C@H](COP(=O)(O)O)C[C@H]1O. The highest BCUT2D eigenvalue weighted by molar-refractivity contribution is 7.46. The molecule has 12 heteroatoms. The van der Waals surface area contributed by atoms with Gasteiger partial charge < -0.3 is 24.9 Å². The first kappa shape index (κ1) is 16.2. The first-order valence-corrected chi connectivity index (χ1v) is 8.31. The van der Waals surface area contributed by atoms with Gasteiger partial charge in [0.25, 0.3) is 0 Å². The van der Waals surface area contributed by atoms with Gasteiger partial charge in [0.05, 0.1) is 19.0 Å². The Bertz CT molecular complexity index is 748. The minimum absolute atomic E-state index is 0.175. The average Bonchev–Trinajstić information content (AvgIpc) is 3.07. The molecule has 1 aliphatic heterocycles. The van der Waals surface area contributed by atoms with Crippen LogP contribution in [0.5, 0.6) is 0 Å². The summed E-state index contributed by atoms with van der Waals surface area (Å²) >= 11 is 0. The molecular weight excluding hydrogens is 329 g/mol. The molecule has 0 bridgehead atoms. The molecular formula is C11H16N5O6P. The monoisotopic (exact) mass is 345 g/mol. The van der Waals surface area contributed by atoms with E-state index in [1.54, 1.807) is 11.6 Å². The fourth-order valence-corrected chi connectivity index (χ4v) is 2.85. The van der Waals surface area contributed by atoms with E-state index in [-0.39, 0.29) is 13.0 Å². The van der Waals surface area contributed by atoms with Crippen LogP contribution in [-0.4, -0.2) is 60.3 Å². The number of rotatable bonds is 5. The highest BCUT2D eigenvalue weighted by Crippen LogP contribution is 2.38. The number of aromatic nitrogens is 4. The highest BCUT2D eigenvalue weighted by Gasteiger charge is 2.37. The molecule has 0 aliphatic carbocycles. The molecule has 2 aromatic rings. The number of phosphoric acid groups is 1. The van der Waals surface area contributed by atoms with Gasteiger partial charge in [-0.2, -0.15) is 0 Å². The Morgan fingerprint density at radius 2 is 2.26 bits per heavy atom. The lowest BCUT2D eigenvalue weighted by atomic mass is 10.2. The van der Waals surface area contributed by atoms with Crippen LogP contribution in [0.25, 0.3) is 11.2 Å². The van der Waals surface area contributed by atoms with Crippen molar-refractivity contribution in [1.29, 1.82) is 0 Å². The van der Waals surface area contributed by atoms with Gasteiger partial charge in [-0.25, -0.2) is 19.5 Å². The van der Waals surface area contributed by atoms with Gasteiger partial charge in [0.2, 0.25) is 0 Å². The minimum Gasteiger partial charge on any atom is -0.388 e. The van der Waals surface area contributed by atoms with Gasteiger partial charge in [-0.05, 0) is 0 Å². The molecule has 1 fully saturated rings. The number of nitrogens with one attached hydrogen (secondary N) is 1. The third-order valence-corrected chi connectivity index (χ3v) is 3.95. The van der Waals surface area contributed by atoms with E-state index in [2.05, 4.69) is 24.8 Å². The molecule has 0 saturated carbocycles. The van der Waals surface area contributed by atoms with E-state index in [0.717, 1.165) is 0 Å². The van der Waals surface area contributed by atoms with Crippen molar-refractivity contribution in [2.24, 2.45) is 0 Å². The van der Waals surface area contributed by atoms with Gasteiger partial charge >= 0.3 is 7.82 Å². The second-order valence-corrected chi connectivity index (χ2v) is 6.27. The summed E-state index contributed by atoms with van der Waals surface area (Å²) in [7, 11) is -2.87. The van der Waals surface area contributed by atoms with Crippen molar-refractivity contribution in [2.45, 2.75) is 24.9 Å². The summed E-state index contributed by atoms with van der Waals surface area (Å²) in [5, 5.41) is 13.1. The number of nitrogens with zero attached hydrogens (tertiary/aromatic N) is 4. The molecule has 0 unspecified atom stereocenters. The van der Waals surface area contributed by atoms with Gasteiger partial charge in [0.1, 0.15) is 17.9 Å². The predicted molar refractivity (Wildman–Crippen MR) is 77.4 cm³/mol. The molecule has 3 atom stereocenters. The zero-order valence-corrected chi connectivity index (χ0v) is 13.0. The molecule has 0 radical (unpaired) electrons. The van der Waals surface area contributed by atoms with Crippen LogP contribution < -0.4 is 5.32 Å². The van der Waals surface area contributed by atoms with Gasteiger partial charge in [-0.3, -0.25) is 9.09 Å².